The van der Waals surface area contributed by atoms with E-state index in [4.69, 9.17) is 10.7 Å². The molecule has 4 nitrogen and oxygen atoms in total. The van der Waals surface area contributed by atoms with Crippen molar-refractivity contribution in [2.75, 3.05) is 0 Å². The summed E-state index contributed by atoms with van der Waals surface area (Å²) in [7, 11) is 1.52. The van der Waals surface area contributed by atoms with E-state index in [0.717, 1.165) is 12.8 Å². The molecule has 1 aromatic rings. The highest BCUT2D eigenvalue weighted by atomic mass is 79.9. The van der Waals surface area contributed by atoms with Crippen molar-refractivity contribution in [1.82, 2.24) is 5.32 Å². The van der Waals surface area contributed by atoms with Crippen LogP contribution in [0.15, 0.2) is 21.5 Å². The Morgan fingerprint density at radius 3 is 2.55 bits per heavy atom. The Kier molecular flexibility index (Phi) is 4.47. The standard InChI is InChI=1S/C13H15BrClNO3S/c1-7-11(13(17)16-8(2)9-3-4-9)5-10(14)6-12(7)20(15,18)19/h5-6,8-9H,3-4H2,1-2H3,(H,16,17). The van der Waals surface area contributed by atoms with Crippen LogP contribution in [0.5, 0.6) is 0 Å². The molecule has 0 spiro atoms. The largest absolute Gasteiger partial charge is 0.349 e. The van der Waals surface area contributed by atoms with Crippen molar-refractivity contribution >= 4 is 41.6 Å². The van der Waals surface area contributed by atoms with Gasteiger partial charge in [-0.1, -0.05) is 15.9 Å². The molecule has 20 heavy (non-hydrogen) atoms. The summed E-state index contributed by atoms with van der Waals surface area (Å²) in [6.45, 7) is 3.54. The Balaban J connectivity index is 2.35. The summed E-state index contributed by atoms with van der Waals surface area (Å²) in [6.07, 6.45) is 2.25. The number of nitrogens with one attached hydrogen (secondary N) is 1. The fraction of sp³-hybridized carbons (Fsp3) is 0.462. The van der Waals surface area contributed by atoms with Crippen LogP contribution in [0.2, 0.25) is 0 Å². The maximum absolute atomic E-state index is 12.3. The van der Waals surface area contributed by atoms with E-state index in [0.29, 0.717) is 21.5 Å². The minimum atomic E-state index is -3.88. The zero-order chi connectivity index (χ0) is 15.1. The predicted molar refractivity (Wildman–Crippen MR) is 81.6 cm³/mol. The molecule has 0 heterocycles. The summed E-state index contributed by atoms with van der Waals surface area (Å²) in [6, 6.07) is 3.10. The van der Waals surface area contributed by atoms with E-state index in [1.165, 1.54) is 6.07 Å². The lowest BCUT2D eigenvalue weighted by Crippen LogP contribution is -2.34. The van der Waals surface area contributed by atoms with E-state index in [9.17, 15) is 13.2 Å². The van der Waals surface area contributed by atoms with E-state index < -0.39 is 9.05 Å². The number of hydrogen-bond acceptors (Lipinski definition) is 3. The summed E-state index contributed by atoms with van der Waals surface area (Å²) >= 11 is 3.21. The van der Waals surface area contributed by atoms with Gasteiger partial charge in [-0.3, -0.25) is 4.79 Å². The highest BCUT2D eigenvalue weighted by molar-refractivity contribution is 9.10. The van der Waals surface area contributed by atoms with Crippen molar-refractivity contribution in [3.8, 4) is 0 Å². The van der Waals surface area contributed by atoms with Gasteiger partial charge in [-0.25, -0.2) is 8.42 Å². The minimum Gasteiger partial charge on any atom is -0.349 e. The first-order valence-corrected chi connectivity index (χ1v) is 9.36. The number of halogens is 2. The average Bonchev–Trinajstić information content (AvgIpc) is 3.13. The highest BCUT2D eigenvalue weighted by Gasteiger charge is 2.30. The Bertz CT molecular complexity index is 656. The van der Waals surface area contributed by atoms with Crippen molar-refractivity contribution in [3.05, 3.63) is 27.7 Å². The molecule has 1 unspecified atom stereocenters. The van der Waals surface area contributed by atoms with Crippen LogP contribution in [0.25, 0.3) is 0 Å². The molecule has 0 saturated heterocycles. The van der Waals surface area contributed by atoms with Crippen LogP contribution in [0.3, 0.4) is 0 Å². The monoisotopic (exact) mass is 379 g/mol. The van der Waals surface area contributed by atoms with Crippen LogP contribution < -0.4 is 5.32 Å². The second kappa shape index (κ2) is 5.66. The zero-order valence-electron chi connectivity index (χ0n) is 11.1. The third-order valence-corrected chi connectivity index (χ3v) is 5.43. The molecule has 0 bridgehead atoms. The quantitative estimate of drug-likeness (QED) is 0.816. The SMILES string of the molecule is Cc1c(C(=O)NC(C)C2CC2)cc(Br)cc1S(=O)(=O)Cl. The Hall–Kier alpha value is -0.590. The van der Waals surface area contributed by atoms with Crippen molar-refractivity contribution in [1.29, 1.82) is 0 Å². The third-order valence-electron chi connectivity index (χ3n) is 3.52. The van der Waals surface area contributed by atoms with Gasteiger partial charge in [0.2, 0.25) is 0 Å². The second-order valence-corrected chi connectivity index (χ2v) is 8.56. The molecular weight excluding hydrogens is 366 g/mol. The van der Waals surface area contributed by atoms with Gasteiger partial charge in [-0.05, 0) is 50.3 Å². The van der Waals surface area contributed by atoms with Gasteiger partial charge in [0, 0.05) is 26.8 Å². The molecule has 0 radical (unpaired) electrons. The number of carbonyl (C=O) groups is 1. The Morgan fingerprint density at radius 2 is 2.05 bits per heavy atom. The molecule has 0 aromatic heterocycles. The molecule has 110 valence electrons. The zero-order valence-corrected chi connectivity index (χ0v) is 14.3. The lowest BCUT2D eigenvalue weighted by atomic mass is 10.1. The summed E-state index contributed by atoms with van der Waals surface area (Å²) in [5, 5.41) is 2.91. The minimum absolute atomic E-state index is 0.0437. The Labute approximate surface area is 131 Å². The van der Waals surface area contributed by atoms with Gasteiger partial charge in [0.1, 0.15) is 0 Å². The number of amides is 1. The van der Waals surface area contributed by atoms with E-state index >= 15 is 0 Å². The molecule has 2 rings (SSSR count). The van der Waals surface area contributed by atoms with Crippen molar-refractivity contribution in [2.45, 2.75) is 37.6 Å². The van der Waals surface area contributed by atoms with Crippen molar-refractivity contribution in [3.63, 3.8) is 0 Å². The maximum Gasteiger partial charge on any atom is 0.261 e. The topological polar surface area (TPSA) is 63.2 Å². The van der Waals surface area contributed by atoms with E-state index in [1.807, 2.05) is 6.92 Å². The third kappa shape index (κ3) is 3.54. The van der Waals surface area contributed by atoms with Crippen LogP contribution in [0, 0.1) is 12.8 Å². The van der Waals surface area contributed by atoms with Gasteiger partial charge in [0.05, 0.1) is 4.90 Å². The molecule has 0 aliphatic heterocycles. The van der Waals surface area contributed by atoms with Gasteiger partial charge < -0.3 is 5.32 Å². The molecule has 1 aliphatic carbocycles. The highest BCUT2D eigenvalue weighted by Crippen LogP contribution is 2.33. The van der Waals surface area contributed by atoms with Crippen LogP contribution in [0.1, 0.15) is 35.7 Å². The normalized spacial score (nSPS) is 16.8. The molecule has 1 aromatic carbocycles. The number of hydrogen-bond donors (Lipinski definition) is 1. The predicted octanol–water partition coefficient (Wildman–Crippen LogP) is 3.21. The lowest BCUT2D eigenvalue weighted by Gasteiger charge is -2.15. The number of rotatable bonds is 4. The molecule has 1 saturated carbocycles. The number of benzene rings is 1. The van der Waals surface area contributed by atoms with Gasteiger partial charge >= 0.3 is 0 Å². The molecule has 1 fully saturated rings. The van der Waals surface area contributed by atoms with Crippen LogP contribution in [0.4, 0.5) is 0 Å². The average molecular weight is 381 g/mol. The molecule has 1 aliphatic rings. The molecule has 1 atom stereocenters. The molecule has 7 heteroatoms. The van der Waals surface area contributed by atoms with E-state index in [1.54, 1.807) is 13.0 Å². The summed E-state index contributed by atoms with van der Waals surface area (Å²) < 4.78 is 23.6. The lowest BCUT2D eigenvalue weighted by molar-refractivity contribution is 0.0935. The molecule has 1 N–H and O–H groups in total. The van der Waals surface area contributed by atoms with Crippen LogP contribution in [-0.2, 0) is 9.05 Å². The smallest absolute Gasteiger partial charge is 0.261 e. The van der Waals surface area contributed by atoms with Gasteiger partial charge in [0.25, 0.3) is 15.0 Å². The first kappa shape index (κ1) is 15.8. The maximum atomic E-state index is 12.3. The first-order valence-electron chi connectivity index (χ1n) is 6.26. The Morgan fingerprint density at radius 1 is 1.45 bits per heavy atom. The summed E-state index contributed by atoms with van der Waals surface area (Å²) in [4.78, 5) is 12.2. The van der Waals surface area contributed by atoms with Gasteiger partial charge in [0.15, 0.2) is 0 Å². The fourth-order valence-electron chi connectivity index (χ4n) is 2.14. The fourth-order valence-corrected chi connectivity index (χ4v) is 3.98. The summed E-state index contributed by atoms with van der Waals surface area (Å²) in [5.41, 5.74) is 0.690. The first-order chi connectivity index (χ1) is 9.20. The second-order valence-electron chi connectivity index (χ2n) is 5.11. The van der Waals surface area contributed by atoms with Gasteiger partial charge in [-0.15, -0.1) is 0 Å². The molecule has 1 amide bonds. The van der Waals surface area contributed by atoms with Crippen molar-refractivity contribution in [2.24, 2.45) is 5.92 Å². The van der Waals surface area contributed by atoms with Crippen LogP contribution in [-0.4, -0.2) is 20.4 Å². The van der Waals surface area contributed by atoms with Crippen LogP contribution >= 0.6 is 26.6 Å². The van der Waals surface area contributed by atoms with Crippen molar-refractivity contribution < 1.29 is 13.2 Å². The molecular formula is C13H15BrClNO3S. The van der Waals surface area contributed by atoms with E-state index in [-0.39, 0.29) is 16.8 Å². The van der Waals surface area contributed by atoms with Gasteiger partial charge in [-0.2, -0.15) is 0 Å². The van der Waals surface area contributed by atoms with E-state index in [2.05, 4.69) is 21.2 Å². The number of carbonyl (C=O) groups excluding carboxylic acids is 1. The summed E-state index contributed by atoms with van der Waals surface area (Å²) in [5.74, 6) is 0.257.